The Bertz CT molecular complexity index is 1000. The molecule has 1 saturated heterocycles. The van der Waals surface area contributed by atoms with Gasteiger partial charge in [0.2, 0.25) is 5.91 Å². The molecule has 1 amide bonds. The molecule has 3 aromatic rings. The Morgan fingerprint density at radius 3 is 2.58 bits per heavy atom. The van der Waals surface area contributed by atoms with Crippen molar-refractivity contribution in [1.29, 1.82) is 0 Å². The molecule has 0 bridgehead atoms. The fraction of sp³-hybridized carbons (Fsp3) is 0.333. The summed E-state index contributed by atoms with van der Waals surface area (Å²) in [5, 5.41) is 4.51. The molecule has 0 radical (unpaired) electrons. The lowest BCUT2D eigenvalue weighted by atomic mass is 10.1. The number of nitrogens with zero attached hydrogens (tertiary/aromatic N) is 5. The van der Waals surface area contributed by atoms with Crippen molar-refractivity contribution in [2.45, 2.75) is 25.8 Å². The first-order chi connectivity index (χ1) is 12.6. The molecule has 0 unspecified atom stereocenters. The van der Waals surface area contributed by atoms with Crippen molar-refractivity contribution in [3.63, 3.8) is 0 Å². The Balaban J connectivity index is 1.64. The maximum Gasteiger partial charge on any atom is 0.264 e. The quantitative estimate of drug-likeness (QED) is 0.717. The summed E-state index contributed by atoms with van der Waals surface area (Å²) in [6.07, 6.45) is 5.94. The van der Waals surface area contributed by atoms with E-state index in [0.717, 1.165) is 32.4 Å². The van der Waals surface area contributed by atoms with Gasteiger partial charge in [0, 0.05) is 13.1 Å². The SMILES string of the molecule is O=C(Cn1cnc2c(cnn2-c2ccc(F)cc2)c1=O)N1CCCCC1. The highest BCUT2D eigenvalue weighted by molar-refractivity contribution is 5.78. The average Bonchev–Trinajstić information content (AvgIpc) is 3.10. The number of fused-ring (bicyclic) bond motifs is 1. The van der Waals surface area contributed by atoms with Crippen molar-refractivity contribution in [2.24, 2.45) is 0 Å². The van der Waals surface area contributed by atoms with E-state index in [-0.39, 0.29) is 23.8 Å². The van der Waals surface area contributed by atoms with Crippen LogP contribution < -0.4 is 5.56 Å². The Morgan fingerprint density at radius 2 is 1.85 bits per heavy atom. The Labute approximate surface area is 148 Å². The first kappa shape index (κ1) is 16.4. The molecule has 1 aromatic carbocycles. The van der Waals surface area contributed by atoms with Crippen LogP contribution in [-0.2, 0) is 11.3 Å². The summed E-state index contributed by atoms with van der Waals surface area (Å²) in [5.74, 6) is -0.421. The van der Waals surface area contributed by atoms with E-state index < -0.39 is 0 Å². The van der Waals surface area contributed by atoms with E-state index in [1.165, 1.54) is 33.9 Å². The summed E-state index contributed by atoms with van der Waals surface area (Å²) in [6.45, 7) is 1.46. The van der Waals surface area contributed by atoms with Crippen LogP contribution in [-0.4, -0.2) is 43.2 Å². The highest BCUT2D eigenvalue weighted by Crippen LogP contribution is 2.14. The fourth-order valence-corrected chi connectivity index (χ4v) is 3.22. The summed E-state index contributed by atoms with van der Waals surface area (Å²) in [5.41, 5.74) is 0.674. The molecule has 1 aliphatic rings. The molecule has 8 heteroatoms. The van der Waals surface area contributed by atoms with Crippen LogP contribution in [0.4, 0.5) is 4.39 Å². The summed E-state index contributed by atoms with van der Waals surface area (Å²) in [6, 6.07) is 5.77. The monoisotopic (exact) mass is 355 g/mol. The third-order valence-corrected chi connectivity index (χ3v) is 4.64. The summed E-state index contributed by atoms with van der Waals surface area (Å²) in [7, 11) is 0. The van der Waals surface area contributed by atoms with E-state index in [1.54, 1.807) is 17.0 Å². The predicted molar refractivity (Wildman–Crippen MR) is 93.5 cm³/mol. The van der Waals surface area contributed by atoms with E-state index in [1.807, 2.05) is 0 Å². The van der Waals surface area contributed by atoms with Gasteiger partial charge in [-0.2, -0.15) is 5.10 Å². The van der Waals surface area contributed by atoms with Crippen molar-refractivity contribution in [1.82, 2.24) is 24.2 Å². The number of benzene rings is 1. The van der Waals surface area contributed by atoms with Gasteiger partial charge in [-0.15, -0.1) is 0 Å². The molecule has 1 aliphatic heterocycles. The van der Waals surface area contributed by atoms with Gasteiger partial charge in [-0.05, 0) is 43.5 Å². The zero-order chi connectivity index (χ0) is 18.1. The van der Waals surface area contributed by atoms with E-state index >= 15 is 0 Å². The minimum Gasteiger partial charge on any atom is -0.341 e. The summed E-state index contributed by atoms with van der Waals surface area (Å²) >= 11 is 0. The van der Waals surface area contributed by atoms with Crippen LogP contribution >= 0.6 is 0 Å². The third kappa shape index (κ3) is 2.98. The maximum atomic E-state index is 13.1. The molecule has 26 heavy (non-hydrogen) atoms. The number of likely N-dealkylation sites (tertiary alicyclic amines) is 1. The molecule has 0 N–H and O–H groups in total. The van der Waals surface area contributed by atoms with Crippen LogP contribution in [0.25, 0.3) is 16.7 Å². The number of amides is 1. The highest BCUT2D eigenvalue weighted by atomic mass is 19.1. The lowest BCUT2D eigenvalue weighted by Gasteiger charge is -2.26. The van der Waals surface area contributed by atoms with Gasteiger partial charge in [0.1, 0.15) is 24.1 Å². The van der Waals surface area contributed by atoms with E-state index in [0.29, 0.717) is 16.7 Å². The van der Waals surface area contributed by atoms with Crippen molar-refractivity contribution >= 4 is 16.9 Å². The Kier molecular flexibility index (Phi) is 4.24. The molecule has 3 heterocycles. The molecule has 4 rings (SSSR count). The molecule has 0 atom stereocenters. The zero-order valence-electron chi connectivity index (χ0n) is 14.1. The molecule has 0 saturated carbocycles. The Hall–Kier alpha value is -3.03. The third-order valence-electron chi connectivity index (χ3n) is 4.64. The number of carbonyl (C=O) groups is 1. The highest BCUT2D eigenvalue weighted by Gasteiger charge is 2.18. The second-order valence-corrected chi connectivity index (χ2v) is 6.39. The molecule has 1 fully saturated rings. The standard InChI is InChI=1S/C18H18FN5O2/c19-13-4-6-14(7-5-13)24-17-15(10-21-24)18(26)23(12-20-17)11-16(25)22-8-2-1-3-9-22/h4-7,10,12H,1-3,8-9,11H2. The number of halogens is 1. The van der Waals surface area contributed by atoms with E-state index in [4.69, 9.17) is 0 Å². The second-order valence-electron chi connectivity index (χ2n) is 6.39. The fourth-order valence-electron chi connectivity index (χ4n) is 3.22. The van der Waals surface area contributed by atoms with Crippen LogP contribution in [0, 0.1) is 5.82 Å². The first-order valence-electron chi connectivity index (χ1n) is 8.60. The van der Waals surface area contributed by atoms with Gasteiger partial charge in [-0.3, -0.25) is 14.2 Å². The smallest absolute Gasteiger partial charge is 0.264 e. The summed E-state index contributed by atoms with van der Waals surface area (Å²) in [4.78, 5) is 31.2. The van der Waals surface area contributed by atoms with E-state index in [9.17, 15) is 14.0 Å². The molecule has 0 spiro atoms. The second kappa shape index (κ2) is 6.70. The molecule has 2 aromatic heterocycles. The Morgan fingerprint density at radius 1 is 1.12 bits per heavy atom. The number of rotatable bonds is 3. The van der Waals surface area contributed by atoms with Gasteiger partial charge in [0.15, 0.2) is 5.65 Å². The van der Waals surface area contributed by atoms with Crippen molar-refractivity contribution in [3.8, 4) is 5.69 Å². The number of hydrogen-bond acceptors (Lipinski definition) is 4. The predicted octanol–water partition coefficient (Wildman–Crippen LogP) is 1.73. The minimum absolute atomic E-state index is 0.0243. The van der Waals surface area contributed by atoms with Crippen LogP contribution in [0.3, 0.4) is 0 Å². The van der Waals surface area contributed by atoms with Gasteiger partial charge in [0.25, 0.3) is 5.56 Å². The van der Waals surface area contributed by atoms with Crippen molar-refractivity contribution in [2.75, 3.05) is 13.1 Å². The largest absolute Gasteiger partial charge is 0.341 e. The molecule has 134 valence electrons. The topological polar surface area (TPSA) is 73.0 Å². The lowest BCUT2D eigenvalue weighted by molar-refractivity contribution is -0.132. The van der Waals surface area contributed by atoms with Gasteiger partial charge in [0.05, 0.1) is 11.9 Å². The number of piperidine rings is 1. The number of hydrogen-bond donors (Lipinski definition) is 0. The van der Waals surface area contributed by atoms with Crippen LogP contribution in [0.5, 0.6) is 0 Å². The zero-order valence-corrected chi connectivity index (χ0v) is 14.1. The average molecular weight is 355 g/mol. The minimum atomic E-state index is -0.350. The van der Waals surface area contributed by atoms with Gasteiger partial charge in [-0.1, -0.05) is 0 Å². The van der Waals surface area contributed by atoms with Crippen molar-refractivity contribution in [3.05, 3.63) is 53.0 Å². The van der Waals surface area contributed by atoms with Crippen LogP contribution in [0.2, 0.25) is 0 Å². The molecular weight excluding hydrogens is 337 g/mol. The van der Waals surface area contributed by atoms with Crippen LogP contribution in [0.15, 0.2) is 41.6 Å². The van der Waals surface area contributed by atoms with E-state index in [2.05, 4.69) is 10.1 Å². The molecule has 7 nitrogen and oxygen atoms in total. The number of carbonyl (C=O) groups excluding carboxylic acids is 1. The number of aromatic nitrogens is 4. The van der Waals surface area contributed by atoms with Gasteiger partial charge < -0.3 is 4.90 Å². The molecular formula is C18H18FN5O2. The maximum absolute atomic E-state index is 13.1. The lowest BCUT2D eigenvalue weighted by Crippen LogP contribution is -2.39. The first-order valence-corrected chi connectivity index (χ1v) is 8.60. The van der Waals surface area contributed by atoms with Crippen LogP contribution in [0.1, 0.15) is 19.3 Å². The van der Waals surface area contributed by atoms with Gasteiger partial charge >= 0.3 is 0 Å². The van der Waals surface area contributed by atoms with Crippen molar-refractivity contribution < 1.29 is 9.18 Å². The molecule has 0 aliphatic carbocycles. The normalized spacial score (nSPS) is 14.7. The summed E-state index contributed by atoms with van der Waals surface area (Å²) < 4.78 is 15.9. The van der Waals surface area contributed by atoms with Gasteiger partial charge in [-0.25, -0.2) is 14.1 Å².